The molecular formula is C14H16FN3O2S. The molecule has 21 heavy (non-hydrogen) atoms. The Hall–Kier alpha value is -1.83. The van der Waals surface area contributed by atoms with Crippen molar-refractivity contribution in [2.75, 3.05) is 6.54 Å². The fourth-order valence-electron chi connectivity index (χ4n) is 1.84. The molecule has 0 saturated heterocycles. The van der Waals surface area contributed by atoms with E-state index in [9.17, 15) is 12.8 Å². The zero-order valence-electron chi connectivity index (χ0n) is 11.3. The first-order valence-electron chi connectivity index (χ1n) is 6.40. The first-order valence-corrected chi connectivity index (χ1v) is 7.88. The highest BCUT2D eigenvalue weighted by Crippen LogP contribution is 2.16. The van der Waals surface area contributed by atoms with E-state index in [-0.39, 0.29) is 18.0 Å². The molecule has 2 rings (SSSR count). The van der Waals surface area contributed by atoms with E-state index in [1.807, 2.05) is 0 Å². The second-order valence-corrected chi connectivity index (χ2v) is 6.21. The highest BCUT2D eigenvalue weighted by Gasteiger charge is 2.18. The van der Waals surface area contributed by atoms with Crippen molar-refractivity contribution in [3.05, 3.63) is 59.7 Å². The van der Waals surface area contributed by atoms with Crippen LogP contribution in [0.5, 0.6) is 0 Å². The van der Waals surface area contributed by atoms with Crippen LogP contribution < -0.4 is 10.5 Å². The maximum Gasteiger partial charge on any atom is 0.243 e. The second-order valence-electron chi connectivity index (χ2n) is 4.47. The van der Waals surface area contributed by atoms with Crippen molar-refractivity contribution in [2.45, 2.75) is 17.9 Å². The van der Waals surface area contributed by atoms with E-state index in [1.165, 1.54) is 12.1 Å². The van der Waals surface area contributed by atoms with E-state index in [1.54, 1.807) is 24.5 Å². The van der Waals surface area contributed by atoms with Gasteiger partial charge in [-0.25, -0.2) is 17.5 Å². The number of rotatable bonds is 6. The van der Waals surface area contributed by atoms with E-state index < -0.39 is 15.8 Å². The van der Waals surface area contributed by atoms with Gasteiger partial charge in [0.25, 0.3) is 0 Å². The van der Waals surface area contributed by atoms with E-state index in [2.05, 4.69) is 9.71 Å². The number of sulfonamides is 1. The molecule has 2 aromatic rings. The maximum absolute atomic E-state index is 13.7. The van der Waals surface area contributed by atoms with Crippen LogP contribution in [0.1, 0.15) is 11.1 Å². The van der Waals surface area contributed by atoms with Crippen LogP contribution in [-0.4, -0.2) is 19.9 Å². The van der Waals surface area contributed by atoms with Crippen molar-refractivity contribution in [3.8, 4) is 0 Å². The Morgan fingerprint density at radius 1 is 1.14 bits per heavy atom. The molecule has 0 aliphatic carbocycles. The van der Waals surface area contributed by atoms with Gasteiger partial charge in [-0.2, -0.15) is 0 Å². The monoisotopic (exact) mass is 309 g/mol. The van der Waals surface area contributed by atoms with Crippen molar-refractivity contribution < 1.29 is 12.8 Å². The van der Waals surface area contributed by atoms with Crippen LogP contribution >= 0.6 is 0 Å². The van der Waals surface area contributed by atoms with Crippen molar-refractivity contribution in [2.24, 2.45) is 5.73 Å². The molecule has 0 aliphatic heterocycles. The maximum atomic E-state index is 13.7. The van der Waals surface area contributed by atoms with E-state index in [0.29, 0.717) is 12.0 Å². The molecule has 0 aliphatic rings. The van der Waals surface area contributed by atoms with E-state index >= 15 is 0 Å². The summed E-state index contributed by atoms with van der Waals surface area (Å²) in [6, 6.07) is 7.42. The third kappa shape index (κ3) is 4.07. The zero-order valence-corrected chi connectivity index (χ0v) is 12.1. The van der Waals surface area contributed by atoms with Crippen molar-refractivity contribution >= 4 is 10.0 Å². The lowest BCUT2D eigenvalue weighted by Gasteiger charge is -2.09. The highest BCUT2D eigenvalue weighted by atomic mass is 32.2. The molecule has 112 valence electrons. The number of hydrogen-bond acceptors (Lipinski definition) is 4. The van der Waals surface area contributed by atoms with Gasteiger partial charge in [0.1, 0.15) is 10.7 Å². The number of pyridine rings is 1. The Balaban J connectivity index is 2.08. The summed E-state index contributed by atoms with van der Waals surface area (Å²) in [7, 11) is -3.89. The second kappa shape index (κ2) is 6.75. The summed E-state index contributed by atoms with van der Waals surface area (Å²) >= 11 is 0. The van der Waals surface area contributed by atoms with Crippen molar-refractivity contribution in [3.63, 3.8) is 0 Å². The lowest BCUT2D eigenvalue weighted by atomic mass is 10.2. The minimum absolute atomic E-state index is 0.153. The van der Waals surface area contributed by atoms with Gasteiger partial charge < -0.3 is 5.73 Å². The van der Waals surface area contributed by atoms with Crippen LogP contribution in [0, 0.1) is 5.82 Å². The number of benzene rings is 1. The minimum atomic E-state index is -3.89. The fraction of sp³-hybridized carbons (Fsp3) is 0.214. The Morgan fingerprint density at radius 2 is 1.86 bits per heavy atom. The number of aromatic nitrogens is 1. The summed E-state index contributed by atoms with van der Waals surface area (Å²) in [6.07, 6.45) is 3.77. The summed E-state index contributed by atoms with van der Waals surface area (Å²) in [5, 5.41) is 0. The molecule has 5 nitrogen and oxygen atoms in total. The Morgan fingerprint density at radius 3 is 2.52 bits per heavy atom. The third-order valence-electron chi connectivity index (χ3n) is 2.98. The smallest absolute Gasteiger partial charge is 0.243 e. The first-order chi connectivity index (χ1) is 10.0. The molecule has 0 unspecified atom stereocenters. The molecular weight excluding hydrogens is 293 g/mol. The highest BCUT2D eigenvalue weighted by molar-refractivity contribution is 7.89. The molecule has 0 bridgehead atoms. The summed E-state index contributed by atoms with van der Waals surface area (Å²) in [4.78, 5) is 3.51. The van der Waals surface area contributed by atoms with Crippen LogP contribution in [0.2, 0.25) is 0 Å². The molecule has 1 aromatic carbocycles. The predicted molar refractivity (Wildman–Crippen MR) is 77.4 cm³/mol. The molecule has 1 aromatic heterocycles. The quantitative estimate of drug-likeness (QED) is 0.839. The molecule has 0 amide bonds. The van der Waals surface area contributed by atoms with Crippen molar-refractivity contribution in [1.82, 2.24) is 9.71 Å². The van der Waals surface area contributed by atoms with E-state index in [4.69, 9.17) is 5.73 Å². The molecule has 0 fully saturated rings. The molecule has 3 N–H and O–H groups in total. The van der Waals surface area contributed by atoms with Crippen LogP contribution in [0.4, 0.5) is 4.39 Å². The zero-order chi connectivity index (χ0) is 15.3. The normalized spacial score (nSPS) is 11.5. The van der Waals surface area contributed by atoms with Crippen LogP contribution in [0.25, 0.3) is 0 Å². The average Bonchev–Trinajstić information content (AvgIpc) is 2.48. The lowest BCUT2D eigenvalue weighted by Crippen LogP contribution is -2.27. The number of hydrogen-bond donors (Lipinski definition) is 2. The number of halogens is 1. The van der Waals surface area contributed by atoms with Gasteiger partial charge >= 0.3 is 0 Å². The average molecular weight is 309 g/mol. The van der Waals surface area contributed by atoms with Crippen LogP contribution in [0.15, 0.2) is 47.6 Å². The van der Waals surface area contributed by atoms with Gasteiger partial charge in [-0.15, -0.1) is 0 Å². The standard InChI is InChI=1S/C14H16FN3O2S/c15-13-2-1-12(10-16)9-14(13)21(19,20)18-8-5-11-3-6-17-7-4-11/h1-4,6-7,9,18H,5,8,10,16H2. The molecule has 0 atom stereocenters. The largest absolute Gasteiger partial charge is 0.326 e. The van der Waals surface area contributed by atoms with Gasteiger partial charge in [0.15, 0.2) is 0 Å². The van der Waals surface area contributed by atoms with Gasteiger partial charge in [0.2, 0.25) is 10.0 Å². The third-order valence-corrected chi connectivity index (χ3v) is 4.45. The predicted octanol–water partition coefficient (Wildman–Crippen LogP) is 1.20. The first kappa shape index (κ1) is 15.6. The Bertz CT molecular complexity index is 705. The van der Waals surface area contributed by atoms with Gasteiger partial charge in [0.05, 0.1) is 0 Å². The molecule has 0 saturated carbocycles. The Kier molecular flexibility index (Phi) is 5.00. The van der Waals surface area contributed by atoms with Crippen molar-refractivity contribution in [1.29, 1.82) is 0 Å². The number of nitrogens with one attached hydrogen (secondary N) is 1. The fourth-order valence-corrected chi connectivity index (χ4v) is 3.00. The van der Waals surface area contributed by atoms with Gasteiger partial charge in [-0.1, -0.05) is 6.07 Å². The van der Waals surface area contributed by atoms with Gasteiger partial charge in [-0.3, -0.25) is 4.98 Å². The van der Waals surface area contributed by atoms with Crippen LogP contribution in [0.3, 0.4) is 0 Å². The topological polar surface area (TPSA) is 85.1 Å². The molecule has 0 spiro atoms. The molecule has 1 heterocycles. The minimum Gasteiger partial charge on any atom is -0.326 e. The summed E-state index contributed by atoms with van der Waals surface area (Å²) < 4.78 is 40.3. The van der Waals surface area contributed by atoms with Gasteiger partial charge in [-0.05, 0) is 41.8 Å². The number of nitrogens with two attached hydrogens (primary N) is 1. The molecule has 7 heteroatoms. The SMILES string of the molecule is NCc1ccc(F)c(S(=O)(=O)NCCc2ccncc2)c1. The molecule has 0 radical (unpaired) electrons. The van der Waals surface area contributed by atoms with E-state index in [0.717, 1.165) is 11.6 Å². The lowest BCUT2D eigenvalue weighted by molar-refractivity contribution is 0.556. The van der Waals surface area contributed by atoms with Crippen LogP contribution in [-0.2, 0) is 23.0 Å². The number of nitrogens with zero attached hydrogens (tertiary/aromatic N) is 1. The summed E-state index contributed by atoms with van der Waals surface area (Å²) in [5.41, 5.74) is 6.95. The van der Waals surface area contributed by atoms with Gasteiger partial charge in [0, 0.05) is 25.5 Å². The summed E-state index contributed by atoms with van der Waals surface area (Å²) in [6.45, 7) is 0.332. The summed E-state index contributed by atoms with van der Waals surface area (Å²) in [5.74, 6) is -0.788. The Labute approximate surface area is 123 Å².